The average Bonchev–Trinajstić information content (AvgIpc) is 2.79. The molecule has 1 N–H and O–H groups in total. The van der Waals surface area contributed by atoms with Crippen molar-refractivity contribution in [2.75, 3.05) is 24.6 Å². The number of hydrogen-bond acceptors (Lipinski definition) is 5. The molecule has 6 nitrogen and oxygen atoms in total. The van der Waals surface area contributed by atoms with Crippen LogP contribution in [0.5, 0.6) is 5.88 Å². The highest BCUT2D eigenvalue weighted by Gasteiger charge is 2.29. The van der Waals surface area contributed by atoms with E-state index in [0.29, 0.717) is 19.0 Å². The topological polar surface area (TPSA) is 67.4 Å². The second-order valence-corrected chi connectivity index (χ2v) is 7.70. The molecule has 6 heteroatoms. The van der Waals surface area contributed by atoms with Crippen LogP contribution in [0, 0.1) is 5.92 Å². The van der Waals surface area contributed by atoms with Gasteiger partial charge < -0.3 is 15.0 Å². The van der Waals surface area contributed by atoms with Gasteiger partial charge in [0.05, 0.1) is 29.6 Å². The van der Waals surface area contributed by atoms with Crippen LogP contribution in [0.15, 0.2) is 54.6 Å². The summed E-state index contributed by atoms with van der Waals surface area (Å²) in [5.41, 5.74) is 2.76. The predicted octanol–water partition coefficient (Wildman–Crippen LogP) is 4.12. The summed E-state index contributed by atoms with van der Waals surface area (Å²) in [5.74, 6) is 1.26. The lowest BCUT2D eigenvalue weighted by Crippen LogP contribution is -2.44. The SMILES string of the molecule is CCOc1nc2ccccc2nc1N1CCC[C@H](C(=O)N[C@H](C)c2ccccc2)C1. The van der Waals surface area contributed by atoms with Crippen molar-refractivity contribution in [2.45, 2.75) is 32.7 Å². The first-order valence-corrected chi connectivity index (χ1v) is 10.7. The molecule has 1 aliphatic rings. The van der Waals surface area contributed by atoms with Crippen LogP contribution in [0.3, 0.4) is 0 Å². The van der Waals surface area contributed by atoms with Crippen molar-refractivity contribution in [2.24, 2.45) is 5.92 Å². The highest BCUT2D eigenvalue weighted by Crippen LogP contribution is 2.31. The number of fused-ring (bicyclic) bond motifs is 1. The lowest BCUT2D eigenvalue weighted by atomic mass is 9.96. The largest absolute Gasteiger partial charge is 0.475 e. The van der Waals surface area contributed by atoms with Crippen LogP contribution in [0.25, 0.3) is 11.0 Å². The highest BCUT2D eigenvalue weighted by atomic mass is 16.5. The summed E-state index contributed by atoms with van der Waals surface area (Å²) in [6.45, 7) is 5.94. The lowest BCUT2D eigenvalue weighted by Gasteiger charge is -2.34. The average molecular weight is 405 g/mol. The minimum atomic E-state index is -0.0901. The number of benzene rings is 2. The van der Waals surface area contributed by atoms with E-state index >= 15 is 0 Å². The standard InChI is InChI=1S/C24H28N4O2/c1-3-30-24-22(26-20-13-7-8-14-21(20)27-24)28-15-9-12-19(16-28)23(29)25-17(2)18-10-5-4-6-11-18/h4-8,10-11,13-14,17,19H,3,9,12,15-16H2,1-2H3,(H,25,29)/t17-,19+/m1/s1. The molecule has 3 aromatic rings. The van der Waals surface area contributed by atoms with E-state index in [-0.39, 0.29) is 17.9 Å². The number of anilines is 1. The van der Waals surface area contributed by atoms with Gasteiger partial charge in [0.1, 0.15) is 0 Å². The molecule has 1 aromatic heterocycles. The van der Waals surface area contributed by atoms with Gasteiger partial charge >= 0.3 is 0 Å². The Balaban J connectivity index is 1.52. The van der Waals surface area contributed by atoms with Crippen LogP contribution < -0.4 is 15.0 Å². The Hall–Kier alpha value is -3.15. The summed E-state index contributed by atoms with van der Waals surface area (Å²) in [6, 6.07) is 17.8. The Morgan fingerprint density at radius 3 is 2.57 bits per heavy atom. The fraction of sp³-hybridized carbons (Fsp3) is 0.375. The first-order valence-electron chi connectivity index (χ1n) is 10.7. The third kappa shape index (κ3) is 4.37. The van der Waals surface area contributed by atoms with Crippen LogP contribution in [0.4, 0.5) is 5.82 Å². The fourth-order valence-corrected chi connectivity index (χ4v) is 3.95. The maximum absolute atomic E-state index is 13.0. The van der Waals surface area contributed by atoms with Gasteiger partial charge in [-0.05, 0) is 44.4 Å². The number of para-hydroxylation sites is 2. The number of amides is 1. The summed E-state index contributed by atoms with van der Waals surface area (Å²) in [6.07, 6.45) is 1.80. The van der Waals surface area contributed by atoms with Crippen molar-refractivity contribution < 1.29 is 9.53 Å². The molecule has 1 saturated heterocycles. The Kier molecular flexibility index (Phi) is 6.12. The number of ether oxygens (including phenoxy) is 1. The number of carbonyl (C=O) groups excluding carboxylic acids is 1. The minimum Gasteiger partial charge on any atom is -0.475 e. The zero-order valence-electron chi connectivity index (χ0n) is 17.5. The van der Waals surface area contributed by atoms with Crippen LogP contribution in [0.2, 0.25) is 0 Å². The normalized spacial score (nSPS) is 17.5. The Labute approximate surface area is 177 Å². The van der Waals surface area contributed by atoms with Crippen molar-refractivity contribution in [1.82, 2.24) is 15.3 Å². The van der Waals surface area contributed by atoms with Gasteiger partial charge in [0.15, 0.2) is 5.82 Å². The molecular formula is C24H28N4O2. The van der Waals surface area contributed by atoms with Crippen molar-refractivity contribution >= 4 is 22.8 Å². The van der Waals surface area contributed by atoms with Crippen LogP contribution >= 0.6 is 0 Å². The molecule has 156 valence electrons. The number of carbonyl (C=O) groups is 1. The quantitative estimate of drug-likeness (QED) is 0.669. The molecule has 1 fully saturated rings. The number of rotatable bonds is 6. The first-order chi connectivity index (χ1) is 14.7. The van der Waals surface area contributed by atoms with Gasteiger partial charge in [-0.1, -0.05) is 42.5 Å². The molecule has 30 heavy (non-hydrogen) atoms. The number of piperidine rings is 1. The zero-order valence-corrected chi connectivity index (χ0v) is 17.5. The summed E-state index contributed by atoms with van der Waals surface area (Å²) >= 11 is 0. The lowest BCUT2D eigenvalue weighted by molar-refractivity contribution is -0.125. The van der Waals surface area contributed by atoms with Crippen molar-refractivity contribution in [3.8, 4) is 5.88 Å². The Morgan fingerprint density at radius 1 is 1.13 bits per heavy atom. The summed E-state index contributed by atoms with van der Waals surface area (Å²) in [5, 5.41) is 3.17. The van der Waals surface area contributed by atoms with Gasteiger partial charge in [-0.3, -0.25) is 4.79 Å². The van der Waals surface area contributed by atoms with E-state index in [9.17, 15) is 4.79 Å². The third-order valence-electron chi connectivity index (χ3n) is 5.55. The predicted molar refractivity (Wildman–Crippen MR) is 119 cm³/mol. The van der Waals surface area contributed by atoms with Gasteiger partial charge in [-0.25, -0.2) is 9.97 Å². The van der Waals surface area contributed by atoms with E-state index in [2.05, 4.69) is 15.2 Å². The van der Waals surface area contributed by atoms with Crippen LogP contribution in [-0.4, -0.2) is 35.6 Å². The Morgan fingerprint density at radius 2 is 1.83 bits per heavy atom. The molecule has 0 spiro atoms. The molecule has 0 bridgehead atoms. The van der Waals surface area contributed by atoms with E-state index in [0.717, 1.165) is 41.8 Å². The zero-order chi connectivity index (χ0) is 20.9. The molecular weight excluding hydrogens is 376 g/mol. The maximum atomic E-state index is 13.0. The first kappa shape index (κ1) is 20.1. The molecule has 0 saturated carbocycles. The number of nitrogens with one attached hydrogen (secondary N) is 1. The van der Waals surface area contributed by atoms with E-state index in [1.165, 1.54) is 0 Å². The van der Waals surface area contributed by atoms with Crippen molar-refractivity contribution in [1.29, 1.82) is 0 Å². The molecule has 4 rings (SSSR count). The van der Waals surface area contributed by atoms with Gasteiger partial charge in [0, 0.05) is 13.1 Å². The van der Waals surface area contributed by atoms with E-state index in [1.54, 1.807) is 0 Å². The smallest absolute Gasteiger partial charge is 0.258 e. The molecule has 2 heterocycles. The van der Waals surface area contributed by atoms with Gasteiger partial charge in [-0.2, -0.15) is 0 Å². The Bertz CT molecular complexity index is 1010. The van der Waals surface area contributed by atoms with E-state index in [1.807, 2.05) is 68.4 Å². The summed E-state index contributed by atoms with van der Waals surface area (Å²) in [7, 11) is 0. The van der Waals surface area contributed by atoms with Gasteiger partial charge in [0.25, 0.3) is 5.88 Å². The number of nitrogens with zero attached hydrogens (tertiary/aromatic N) is 3. The molecule has 0 unspecified atom stereocenters. The fourth-order valence-electron chi connectivity index (χ4n) is 3.95. The molecule has 2 aromatic carbocycles. The molecule has 0 aliphatic carbocycles. The second-order valence-electron chi connectivity index (χ2n) is 7.70. The van der Waals surface area contributed by atoms with Crippen LogP contribution in [-0.2, 0) is 4.79 Å². The highest BCUT2D eigenvalue weighted by molar-refractivity contribution is 5.81. The van der Waals surface area contributed by atoms with Crippen molar-refractivity contribution in [3.05, 3.63) is 60.2 Å². The summed E-state index contributed by atoms with van der Waals surface area (Å²) in [4.78, 5) is 24.6. The van der Waals surface area contributed by atoms with E-state index < -0.39 is 0 Å². The minimum absolute atomic E-state index is 0.0199. The molecule has 1 aliphatic heterocycles. The van der Waals surface area contributed by atoms with Gasteiger partial charge in [-0.15, -0.1) is 0 Å². The third-order valence-corrected chi connectivity index (χ3v) is 5.55. The summed E-state index contributed by atoms with van der Waals surface area (Å²) < 4.78 is 5.80. The van der Waals surface area contributed by atoms with Gasteiger partial charge in [0.2, 0.25) is 5.91 Å². The number of aromatic nitrogens is 2. The van der Waals surface area contributed by atoms with Crippen LogP contribution in [0.1, 0.15) is 38.3 Å². The molecule has 2 atom stereocenters. The van der Waals surface area contributed by atoms with Crippen molar-refractivity contribution in [3.63, 3.8) is 0 Å². The molecule has 0 radical (unpaired) electrons. The van der Waals surface area contributed by atoms with E-state index in [4.69, 9.17) is 9.72 Å². The second kappa shape index (κ2) is 9.11. The monoisotopic (exact) mass is 404 g/mol. The molecule has 1 amide bonds. The number of hydrogen-bond donors (Lipinski definition) is 1. The maximum Gasteiger partial charge on any atom is 0.258 e.